The monoisotopic (exact) mass is 514 g/mol. The number of ether oxygens (including phenoxy) is 2. The summed E-state index contributed by atoms with van der Waals surface area (Å²) in [4.78, 5) is 17.2. The molecule has 4 heterocycles. The molecule has 5 rings (SSSR count). The molecular weight excluding hydrogens is 487 g/mol. The summed E-state index contributed by atoms with van der Waals surface area (Å²) >= 11 is 1.25. The maximum atomic E-state index is 13.0. The predicted molar refractivity (Wildman–Crippen MR) is 134 cm³/mol. The first-order valence-corrected chi connectivity index (χ1v) is 12.4. The fourth-order valence-electron chi connectivity index (χ4n) is 4.32. The van der Waals surface area contributed by atoms with E-state index in [0.717, 1.165) is 37.3 Å². The number of anilines is 4. The van der Waals surface area contributed by atoms with E-state index in [-0.39, 0.29) is 18.1 Å². The van der Waals surface area contributed by atoms with Crippen LogP contribution in [0.5, 0.6) is 0 Å². The van der Waals surface area contributed by atoms with E-state index in [4.69, 9.17) is 9.47 Å². The van der Waals surface area contributed by atoms with Crippen molar-refractivity contribution in [2.24, 2.45) is 0 Å². The highest BCUT2D eigenvalue weighted by Crippen LogP contribution is 2.29. The molecule has 36 heavy (non-hydrogen) atoms. The highest BCUT2D eigenvalue weighted by Gasteiger charge is 2.29. The quantitative estimate of drug-likeness (QED) is 0.440. The highest BCUT2D eigenvalue weighted by molar-refractivity contribution is 7.19. The number of carbonyl (C=O) groups is 1. The van der Waals surface area contributed by atoms with E-state index in [1.165, 1.54) is 24.5 Å². The Bertz CT molecular complexity index is 1190. The molecule has 0 radical (unpaired) electrons. The standard InChI is InChI=1S/C23H27FN8O3S/c1-34-17-12-32(13-17)16-5-3-4-14(10-16)20(35-2)21(33)26-23-30-29-22(36-23)25-15-8-9-31(11-15)19-7-6-18(24)27-28-19/h3-7,10,15,17,20H,8-9,11-13H2,1-2H3,(H,25,29)(H,26,30,33)/t15-,20+/m1/s1. The Balaban J connectivity index is 1.17. The van der Waals surface area contributed by atoms with E-state index in [0.29, 0.717) is 22.6 Å². The Labute approximate surface area is 211 Å². The normalized spacial score (nSPS) is 18.7. The lowest BCUT2D eigenvalue weighted by Gasteiger charge is -2.40. The van der Waals surface area contributed by atoms with Gasteiger partial charge in [0, 0.05) is 52.1 Å². The summed E-state index contributed by atoms with van der Waals surface area (Å²) in [6, 6.07) is 10.8. The first kappa shape index (κ1) is 24.3. The van der Waals surface area contributed by atoms with Gasteiger partial charge >= 0.3 is 0 Å². The summed E-state index contributed by atoms with van der Waals surface area (Å²) < 4.78 is 23.9. The van der Waals surface area contributed by atoms with Crippen LogP contribution in [0, 0.1) is 5.95 Å². The first-order chi connectivity index (χ1) is 17.5. The molecule has 1 amide bonds. The van der Waals surface area contributed by atoms with Crippen molar-refractivity contribution in [2.75, 3.05) is 60.8 Å². The van der Waals surface area contributed by atoms with Crippen LogP contribution in [-0.4, -0.2) is 78.8 Å². The lowest BCUT2D eigenvalue weighted by atomic mass is 10.0. The maximum Gasteiger partial charge on any atom is 0.259 e. The fourth-order valence-corrected chi connectivity index (χ4v) is 5.04. The van der Waals surface area contributed by atoms with Gasteiger partial charge in [0.2, 0.25) is 16.2 Å². The van der Waals surface area contributed by atoms with Gasteiger partial charge in [-0.15, -0.1) is 20.4 Å². The Hall–Kier alpha value is -3.42. The predicted octanol–water partition coefficient (Wildman–Crippen LogP) is 2.32. The van der Waals surface area contributed by atoms with Crippen molar-refractivity contribution in [3.8, 4) is 0 Å². The topological polar surface area (TPSA) is 118 Å². The molecule has 13 heteroatoms. The number of hydrogen-bond donors (Lipinski definition) is 2. The molecule has 2 aliphatic rings. The Morgan fingerprint density at radius 2 is 1.92 bits per heavy atom. The van der Waals surface area contributed by atoms with Gasteiger partial charge in [0.25, 0.3) is 5.91 Å². The molecule has 3 aromatic rings. The van der Waals surface area contributed by atoms with Crippen LogP contribution in [0.25, 0.3) is 0 Å². The van der Waals surface area contributed by atoms with E-state index >= 15 is 0 Å². The zero-order valence-corrected chi connectivity index (χ0v) is 20.7. The average molecular weight is 515 g/mol. The SMILES string of the molecule is COC1CN(c2cccc([C@H](OC)C(=O)Nc3nnc(N[C@@H]4CCN(c5ccc(F)nn5)C4)s3)c2)C1. The summed E-state index contributed by atoms with van der Waals surface area (Å²) in [5.74, 6) is -0.290. The van der Waals surface area contributed by atoms with Gasteiger partial charge < -0.3 is 24.6 Å². The second kappa shape index (κ2) is 10.7. The van der Waals surface area contributed by atoms with Crippen LogP contribution in [0.2, 0.25) is 0 Å². The van der Waals surface area contributed by atoms with Crippen LogP contribution in [-0.2, 0) is 14.3 Å². The molecule has 1 aromatic carbocycles. The van der Waals surface area contributed by atoms with Crippen molar-refractivity contribution in [2.45, 2.75) is 24.7 Å². The van der Waals surface area contributed by atoms with Crippen molar-refractivity contribution in [3.63, 3.8) is 0 Å². The second-order valence-corrected chi connectivity index (χ2v) is 9.64. The van der Waals surface area contributed by atoms with Crippen molar-refractivity contribution < 1.29 is 18.7 Å². The van der Waals surface area contributed by atoms with E-state index in [1.807, 2.05) is 29.2 Å². The summed E-state index contributed by atoms with van der Waals surface area (Å²) in [5.41, 5.74) is 1.78. The fraction of sp³-hybridized carbons (Fsp3) is 0.435. The number of halogens is 1. The average Bonchev–Trinajstić information content (AvgIpc) is 3.49. The van der Waals surface area contributed by atoms with Crippen LogP contribution in [0.15, 0.2) is 36.4 Å². The van der Waals surface area contributed by atoms with Crippen molar-refractivity contribution in [1.29, 1.82) is 0 Å². The third-order valence-corrected chi connectivity index (χ3v) is 7.08. The van der Waals surface area contributed by atoms with Gasteiger partial charge in [-0.3, -0.25) is 10.1 Å². The van der Waals surface area contributed by atoms with Gasteiger partial charge in [-0.05, 0) is 36.2 Å². The van der Waals surface area contributed by atoms with Gasteiger partial charge in [0.15, 0.2) is 11.9 Å². The highest BCUT2D eigenvalue weighted by atomic mass is 32.1. The minimum atomic E-state index is -0.787. The van der Waals surface area contributed by atoms with E-state index in [9.17, 15) is 9.18 Å². The van der Waals surface area contributed by atoms with Crippen molar-refractivity contribution in [3.05, 3.63) is 47.9 Å². The molecule has 11 nitrogen and oxygen atoms in total. The smallest absolute Gasteiger partial charge is 0.259 e. The summed E-state index contributed by atoms with van der Waals surface area (Å²) in [5, 5.41) is 22.8. The molecule has 190 valence electrons. The summed E-state index contributed by atoms with van der Waals surface area (Å²) in [7, 11) is 3.22. The molecule has 2 atom stereocenters. The van der Waals surface area contributed by atoms with Gasteiger partial charge in [0.05, 0.1) is 6.10 Å². The van der Waals surface area contributed by atoms with Crippen LogP contribution in [0.4, 0.5) is 26.2 Å². The molecule has 0 saturated carbocycles. The van der Waals surface area contributed by atoms with E-state index < -0.39 is 12.1 Å². The lowest BCUT2D eigenvalue weighted by Crippen LogP contribution is -2.51. The second-order valence-electron chi connectivity index (χ2n) is 8.67. The molecule has 2 aliphatic heterocycles. The number of methoxy groups -OCH3 is 2. The molecular formula is C23H27FN8O3S. The molecule has 0 aliphatic carbocycles. The first-order valence-electron chi connectivity index (χ1n) is 11.6. The van der Waals surface area contributed by atoms with Gasteiger partial charge in [0.1, 0.15) is 0 Å². The number of nitrogens with one attached hydrogen (secondary N) is 2. The molecule has 0 bridgehead atoms. The molecule has 0 unspecified atom stereocenters. The van der Waals surface area contributed by atoms with Crippen molar-refractivity contribution >= 4 is 39.0 Å². The largest absolute Gasteiger partial charge is 0.378 e. The van der Waals surface area contributed by atoms with Gasteiger partial charge in [-0.1, -0.05) is 23.5 Å². The Morgan fingerprint density at radius 1 is 1.08 bits per heavy atom. The number of benzene rings is 1. The Kier molecular flexibility index (Phi) is 7.20. The number of amides is 1. The molecule has 2 saturated heterocycles. The van der Waals surface area contributed by atoms with E-state index in [1.54, 1.807) is 13.2 Å². The number of hydrogen-bond acceptors (Lipinski definition) is 11. The minimum Gasteiger partial charge on any atom is -0.378 e. The summed E-state index contributed by atoms with van der Waals surface area (Å²) in [6.07, 6.45) is 0.300. The van der Waals surface area contributed by atoms with E-state index in [2.05, 4.69) is 35.9 Å². The van der Waals surface area contributed by atoms with Crippen molar-refractivity contribution in [1.82, 2.24) is 20.4 Å². The third kappa shape index (κ3) is 5.37. The Morgan fingerprint density at radius 3 is 2.67 bits per heavy atom. The zero-order chi connectivity index (χ0) is 25.1. The van der Waals surface area contributed by atoms with Crippen LogP contribution in [0.1, 0.15) is 18.1 Å². The van der Waals surface area contributed by atoms with Crippen LogP contribution in [0.3, 0.4) is 0 Å². The molecule has 0 spiro atoms. The lowest BCUT2D eigenvalue weighted by molar-refractivity contribution is -0.126. The minimum absolute atomic E-state index is 0.113. The molecule has 2 aromatic heterocycles. The van der Waals surface area contributed by atoms with Crippen LogP contribution >= 0.6 is 11.3 Å². The number of nitrogens with zero attached hydrogens (tertiary/aromatic N) is 6. The third-order valence-electron chi connectivity index (χ3n) is 6.31. The number of carbonyl (C=O) groups excluding carboxylic acids is 1. The number of rotatable bonds is 9. The van der Waals surface area contributed by atoms with Gasteiger partial charge in [-0.25, -0.2) is 0 Å². The van der Waals surface area contributed by atoms with Gasteiger partial charge in [-0.2, -0.15) is 4.39 Å². The zero-order valence-electron chi connectivity index (χ0n) is 19.9. The maximum absolute atomic E-state index is 13.0. The number of aromatic nitrogens is 4. The molecule has 2 N–H and O–H groups in total. The summed E-state index contributed by atoms with van der Waals surface area (Å²) in [6.45, 7) is 3.07. The van der Waals surface area contributed by atoms with Crippen LogP contribution < -0.4 is 20.4 Å². The molecule has 2 fully saturated rings.